The average Bonchev–Trinajstić information content (AvgIpc) is 2.99. The van der Waals surface area contributed by atoms with Gasteiger partial charge in [-0.3, -0.25) is 9.48 Å². The number of nitrogens with one attached hydrogen (secondary N) is 1. The molecule has 0 bridgehead atoms. The Hall–Kier alpha value is -2.29. The Kier molecular flexibility index (Phi) is 3.44. The van der Waals surface area contributed by atoms with Gasteiger partial charge in [0.1, 0.15) is 6.04 Å². The predicted molar refractivity (Wildman–Crippen MR) is 83.4 cm³/mol. The zero-order chi connectivity index (χ0) is 16.0. The molecule has 0 fully saturated rings. The summed E-state index contributed by atoms with van der Waals surface area (Å²) in [6.45, 7) is 3.72. The quantitative estimate of drug-likeness (QED) is 0.812. The first-order valence-electron chi connectivity index (χ1n) is 6.70. The van der Waals surface area contributed by atoms with Gasteiger partial charge in [-0.15, -0.1) is 5.10 Å². The van der Waals surface area contributed by atoms with Crippen molar-refractivity contribution in [2.24, 2.45) is 12.8 Å². The summed E-state index contributed by atoms with van der Waals surface area (Å²) in [7, 11) is 1.84. The molecular formula is C13H17N7OS. The van der Waals surface area contributed by atoms with E-state index >= 15 is 0 Å². The number of carbonyl (C=O) groups excluding carboxylic acids is 1. The van der Waals surface area contributed by atoms with Crippen molar-refractivity contribution in [1.29, 1.82) is 0 Å². The number of anilines is 1. The first-order valence-corrected chi connectivity index (χ1v) is 7.93. The lowest BCUT2D eigenvalue weighted by Gasteiger charge is -2.27. The van der Waals surface area contributed by atoms with Crippen LogP contribution in [0.25, 0.3) is 0 Å². The molecule has 22 heavy (non-hydrogen) atoms. The number of nitrogens with two attached hydrogens (primary N) is 1. The van der Waals surface area contributed by atoms with Gasteiger partial charge in [-0.2, -0.15) is 10.1 Å². The lowest BCUT2D eigenvalue weighted by molar-refractivity contribution is -0.115. The van der Waals surface area contributed by atoms with Gasteiger partial charge in [-0.1, -0.05) is 11.8 Å². The van der Waals surface area contributed by atoms with E-state index in [-0.39, 0.29) is 0 Å². The first-order chi connectivity index (χ1) is 10.4. The maximum Gasteiger partial charge on any atom is 0.248 e. The number of rotatable bonds is 3. The van der Waals surface area contributed by atoms with Crippen LogP contribution in [0, 0.1) is 6.92 Å². The second-order valence-electron chi connectivity index (χ2n) is 5.14. The molecule has 3 N–H and O–H groups in total. The Morgan fingerprint density at radius 3 is 2.68 bits per heavy atom. The van der Waals surface area contributed by atoms with Crippen molar-refractivity contribution in [3.05, 3.63) is 28.7 Å². The van der Waals surface area contributed by atoms with Gasteiger partial charge in [0.2, 0.25) is 17.0 Å². The van der Waals surface area contributed by atoms with Gasteiger partial charge in [0.05, 0.1) is 11.3 Å². The Bertz CT molecular complexity index is 788. The fraction of sp³-hybridized carbons (Fsp3) is 0.385. The van der Waals surface area contributed by atoms with Crippen LogP contribution in [0.2, 0.25) is 0 Å². The molecule has 1 amide bonds. The van der Waals surface area contributed by atoms with E-state index in [1.54, 1.807) is 9.36 Å². The number of amides is 1. The molecule has 1 aliphatic rings. The van der Waals surface area contributed by atoms with Gasteiger partial charge in [-0.05, 0) is 20.1 Å². The number of aryl methyl sites for hydroxylation is 2. The molecule has 2 aromatic rings. The molecular weight excluding hydrogens is 302 g/mol. The van der Waals surface area contributed by atoms with Crippen molar-refractivity contribution in [3.63, 3.8) is 0 Å². The van der Waals surface area contributed by atoms with Crippen LogP contribution >= 0.6 is 11.8 Å². The zero-order valence-corrected chi connectivity index (χ0v) is 13.6. The number of nitrogens with zero attached hydrogens (tertiary/aromatic N) is 5. The number of carbonyl (C=O) groups is 1. The van der Waals surface area contributed by atoms with E-state index in [2.05, 4.69) is 20.5 Å². The van der Waals surface area contributed by atoms with Crippen LogP contribution < -0.4 is 11.1 Å². The fourth-order valence-electron chi connectivity index (χ4n) is 2.71. The molecule has 1 aliphatic heterocycles. The minimum atomic E-state index is -0.481. The second kappa shape index (κ2) is 5.16. The fourth-order valence-corrected chi connectivity index (χ4v) is 3.06. The minimum Gasteiger partial charge on any atom is -0.366 e. The van der Waals surface area contributed by atoms with Crippen LogP contribution in [0.1, 0.15) is 24.2 Å². The predicted octanol–water partition coefficient (Wildman–Crippen LogP) is 0.816. The minimum absolute atomic E-state index is 0.421. The molecule has 0 spiro atoms. The highest BCUT2D eigenvalue weighted by atomic mass is 32.2. The van der Waals surface area contributed by atoms with E-state index in [0.717, 1.165) is 11.3 Å². The molecule has 8 nitrogen and oxygen atoms in total. The standard InChI is InChI=1S/C13H17N7OS/c1-6-8(5-19(3)17-6)10-9(11(14)21)7(2)15-12-16-13(22-4)18-20(10)12/h5,10H,1-4H3,(H2,14,21)(H,15,16,18). The number of hydrogen-bond donors (Lipinski definition) is 2. The molecule has 3 heterocycles. The van der Waals surface area contributed by atoms with Gasteiger partial charge in [0.25, 0.3) is 0 Å². The third-order valence-electron chi connectivity index (χ3n) is 3.63. The maximum atomic E-state index is 12.0. The van der Waals surface area contributed by atoms with E-state index in [1.165, 1.54) is 11.8 Å². The summed E-state index contributed by atoms with van der Waals surface area (Å²) in [5.41, 5.74) is 8.48. The smallest absolute Gasteiger partial charge is 0.248 e. The molecule has 0 aliphatic carbocycles. The van der Waals surface area contributed by atoms with Crippen LogP contribution in [-0.4, -0.2) is 36.7 Å². The van der Waals surface area contributed by atoms with Gasteiger partial charge < -0.3 is 11.1 Å². The van der Waals surface area contributed by atoms with Crippen molar-refractivity contribution < 1.29 is 4.79 Å². The van der Waals surface area contributed by atoms with E-state index in [9.17, 15) is 4.79 Å². The second-order valence-corrected chi connectivity index (χ2v) is 5.91. The van der Waals surface area contributed by atoms with Crippen molar-refractivity contribution in [1.82, 2.24) is 24.5 Å². The van der Waals surface area contributed by atoms with Crippen molar-refractivity contribution >= 4 is 23.6 Å². The SMILES string of the molecule is CSc1nc2n(n1)C(c1cn(C)nc1C)C(C(N)=O)=C(C)N2. The van der Waals surface area contributed by atoms with Crippen LogP contribution in [0.5, 0.6) is 0 Å². The number of fused-ring (bicyclic) bond motifs is 1. The number of aromatic nitrogens is 5. The Labute approximate surface area is 131 Å². The number of primary amides is 1. The highest BCUT2D eigenvalue weighted by Crippen LogP contribution is 2.36. The summed E-state index contributed by atoms with van der Waals surface area (Å²) < 4.78 is 3.41. The number of thioether (sulfide) groups is 1. The van der Waals surface area contributed by atoms with Crippen molar-refractivity contribution in [2.75, 3.05) is 11.6 Å². The van der Waals surface area contributed by atoms with Gasteiger partial charge in [0, 0.05) is 24.5 Å². The largest absolute Gasteiger partial charge is 0.366 e. The van der Waals surface area contributed by atoms with E-state index < -0.39 is 11.9 Å². The molecule has 1 atom stereocenters. The van der Waals surface area contributed by atoms with Crippen LogP contribution in [0.15, 0.2) is 22.6 Å². The van der Waals surface area contributed by atoms with Gasteiger partial charge >= 0.3 is 0 Å². The Morgan fingerprint density at radius 2 is 2.14 bits per heavy atom. The molecule has 116 valence electrons. The third-order valence-corrected chi connectivity index (χ3v) is 4.17. The van der Waals surface area contributed by atoms with E-state index in [0.29, 0.717) is 22.4 Å². The van der Waals surface area contributed by atoms with Crippen LogP contribution in [0.3, 0.4) is 0 Å². The molecule has 0 radical (unpaired) electrons. The Balaban J connectivity index is 2.24. The van der Waals surface area contributed by atoms with Crippen molar-refractivity contribution in [3.8, 4) is 0 Å². The average molecular weight is 319 g/mol. The number of allylic oxidation sites excluding steroid dienone is 1. The molecule has 1 unspecified atom stereocenters. The van der Waals surface area contributed by atoms with Gasteiger partial charge in [-0.25, -0.2) is 4.68 Å². The summed E-state index contributed by atoms with van der Waals surface area (Å²) in [5.74, 6) is 0.116. The molecule has 9 heteroatoms. The van der Waals surface area contributed by atoms with Crippen LogP contribution in [-0.2, 0) is 11.8 Å². The number of hydrogen-bond acceptors (Lipinski definition) is 6. The summed E-state index contributed by atoms with van der Waals surface area (Å²) in [6, 6.07) is -0.421. The van der Waals surface area contributed by atoms with E-state index in [1.807, 2.05) is 33.3 Å². The lowest BCUT2D eigenvalue weighted by atomic mass is 9.96. The highest BCUT2D eigenvalue weighted by Gasteiger charge is 2.34. The first kappa shape index (κ1) is 14.6. The summed E-state index contributed by atoms with van der Waals surface area (Å²) in [5, 5.41) is 12.6. The summed E-state index contributed by atoms with van der Waals surface area (Å²) in [4.78, 5) is 16.4. The normalized spacial score (nSPS) is 17.4. The topological polar surface area (TPSA) is 104 Å². The van der Waals surface area contributed by atoms with Crippen molar-refractivity contribution in [2.45, 2.75) is 25.0 Å². The monoisotopic (exact) mass is 319 g/mol. The lowest BCUT2D eigenvalue weighted by Crippen LogP contribution is -2.32. The van der Waals surface area contributed by atoms with Crippen LogP contribution in [0.4, 0.5) is 5.95 Å². The molecule has 0 saturated heterocycles. The van der Waals surface area contributed by atoms with Gasteiger partial charge in [0.15, 0.2) is 0 Å². The molecule has 2 aromatic heterocycles. The third kappa shape index (κ3) is 2.17. The highest BCUT2D eigenvalue weighted by molar-refractivity contribution is 7.98. The maximum absolute atomic E-state index is 12.0. The molecule has 3 rings (SSSR count). The molecule has 0 saturated carbocycles. The molecule has 0 aromatic carbocycles. The zero-order valence-electron chi connectivity index (χ0n) is 12.8. The Morgan fingerprint density at radius 1 is 1.41 bits per heavy atom. The summed E-state index contributed by atoms with van der Waals surface area (Å²) >= 11 is 1.44. The van der Waals surface area contributed by atoms with E-state index in [4.69, 9.17) is 5.73 Å². The summed E-state index contributed by atoms with van der Waals surface area (Å²) in [6.07, 6.45) is 3.78.